The number of benzene rings is 1. The molecule has 1 aromatic heterocycles. The normalized spacial score (nSPS) is 13.8. The Hall–Kier alpha value is -2.96. The highest BCUT2D eigenvalue weighted by Gasteiger charge is 2.13. The number of aryl methyl sites for hydroxylation is 1. The van der Waals surface area contributed by atoms with E-state index in [9.17, 15) is 0 Å². The Morgan fingerprint density at radius 2 is 1.68 bits per heavy atom. The first-order valence-electron chi connectivity index (χ1n) is 13.5. The standard InChI is InChI=1S/C26H33NO3S.C4H8O.C2H6/c1-5-22(28-4)10-9-20(2)26-25(21(3)19-31-26)30-24-13-11-23(12-14-24)29-18-17-27-15-7-6-8-16-27;1-3-4(2)5;1-2/h5,9-14,19H,1,6-8,15-18H2,2-4H3;5H,2-3H2,1H3;1-2H3/b20-9+,22-10+;;. The summed E-state index contributed by atoms with van der Waals surface area (Å²) in [7, 11) is 1.64. The lowest BCUT2D eigenvalue weighted by molar-refractivity contribution is 0.183. The molecule has 0 spiro atoms. The molecule has 0 amide bonds. The third-order valence-corrected chi connectivity index (χ3v) is 7.00. The maximum atomic E-state index is 8.17. The van der Waals surface area contributed by atoms with E-state index in [2.05, 4.69) is 37.3 Å². The van der Waals surface area contributed by atoms with Gasteiger partial charge in [-0.2, -0.15) is 0 Å². The van der Waals surface area contributed by atoms with Gasteiger partial charge < -0.3 is 19.3 Å². The number of aliphatic hydroxyl groups is 1. The summed E-state index contributed by atoms with van der Waals surface area (Å²) in [5.74, 6) is 3.56. The number of likely N-dealkylation sites (tertiary alicyclic amines) is 1. The Balaban J connectivity index is 0.000000924. The molecule has 0 atom stereocenters. The van der Waals surface area contributed by atoms with E-state index in [0.717, 1.165) is 52.2 Å². The molecule has 1 saturated heterocycles. The van der Waals surface area contributed by atoms with Crippen molar-refractivity contribution < 1.29 is 19.3 Å². The summed E-state index contributed by atoms with van der Waals surface area (Å²) in [5, 5.41) is 10.3. The minimum Gasteiger partial charge on any atom is -0.513 e. The van der Waals surface area contributed by atoms with E-state index in [1.54, 1.807) is 24.5 Å². The van der Waals surface area contributed by atoms with Crippen molar-refractivity contribution in [3.8, 4) is 17.2 Å². The van der Waals surface area contributed by atoms with Gasteiger partial charge in [0.25, 0.3) is 0 Å². The number of aliphatic hydroxyl groups excluding tert-OH is 1. The van der Waals surface area contributed by atoms with Crippen LogP contribution in [0.1, 0.15) is 63.8 Å². The van der Waals surface area contributed by atoms with Crippen molar-refractivity contribution in [1.82, 2.24) is 4.90 Å². The van der Waals surface area contributed by atoms with Crippen molar-refractivity contribution in [2.24, 2.45) is 0 Å². The third-order valence-electron chi connectivity index (χ3n) is 5.79. The molecule has 0 aliphatic carbocycles. The lowest BCUT2D eigenvalue weighted by Crippen LogP contribution is -2.33. The number of piperidine rings is 1. The molecule has 1 aromatic carbocycles. The van der Waals surface area contributed by atoms with Gasteiger partial charge in [0.1, 0.15) is 29.6 Å². The molecular formula is C32H47NO4S. The van der Waals surface area contributed by atoms with Crippen molar-refractivity contribution in [3.05, 3.63) is 83.0 Å². The first kappa shape index (κ1) is 33.1. The highest BCUT2D eigenvalue weighted by molar-refractivity contribution is 7.11. The van der Waals surface area contributed by atoms with Gasteiger partial charge in [-0.15, -0.1) is 11.3 Å². The number of hydrogen-bond donors (Lipinski definition) is 1. The molecule has 210 valence electrons. The average Bonchev–Trinajstić information content (AvgIpc) is 3.31. The van der Waals surface area contributed by atoms with E-state index in [-0.39, 0.29) is 5.76 Å². The molecule has 1 N–H and O–H groups in total. The Kier molecular flexibility index (Phi) is 16.7. The van der Waals surface area contributed by atoms with Gasteiger partial charge in [-0.25, -0.2) is 0 Å². The van der Waals surface area contributed by atoms with Crippen molar-refractivity contribution in [3.63, 3.8) is 0 Å². The number of hydrogen-bond acceptors (Lipinski definition) is 6. The molecule has 6 heteroatoms. The lowest BCUT2D eigenvalue weighted by atomic mass is 10.1. The number of nitrogens with zero attached hydrogens (tertiary/aromatic N) is 1. The molecule has 1 fully saturated rings. The minimum atomic E-state index is 0.255. The Bertz CT molecular complexity index is 1010. The summed E-state index contributed by atoms with van der Waals surface area (Å²) in [5.41, 5.74) is 2.23. The second-order valence-corrected chi connectivity index (χ2v) is 9.53. The zero-order valence-corrected chi connectivity index (χ0v) is 25.0. The molecule has 1 aliphatic heterocycles. The molecule has 2 aromatic rings. The molecule has 0 bridgehead atoms. The van der Waals surface area contributed by atoms with Crippen LogP contribution in [0.25, 0.3) is 5.57 Å². The quantitative estimate of drug-likeness (QED) is 0.227. The van der Waals surface area contributed by atoms with Gasteiger partial charge in [0, 0.05) is 18.5 Å². The summed E-state index contributed by atoms with van der Waals surface area (Å²) < 4.78 is 17.4. The smallest absolute Gasteiger partial charge is 0.148 e. The van der Waals surface area contributed by atoms with Crippen molar-refractivity contribution >= 4 is 16.9 Å². The third kappa shape index (κ3) is 12.1. The van der Waals surface area contributed by atoms with Crippen molar-refractivity contribution in [2.45, 2.75) is 60.3 Å². The largest absolute Gasteiger partial charge is 0.513 e. The van der Waals surface area contributed by atoms with E-state index in [4.69, 9.17) is 19.3 Å². The van der Waals surface area contributed by atoms with Gasteiger partial charge in [0.05, 0.1) is 17.7 Å². The predicted octanol–water partition coefficient (Wildman–Crippen LogP) is 9.33. The number of allylic oxidation sites excluding steroid dienone is 5. The van der Waals surface area contributed by atoms with Crippen LogP contribution in [0.3, 0.4) is 0 Å². The summed E-state index contributed by atoms with van der Waals surface area (Å²) in [4.78, 5) is 3.59. The molecule has 0 saturated carbocycles. The lowest BCUT2D eigenvalue weighted by Gasteiger charge is -2.26. The van der Waals surface area contributed by atoms with E-state index < -0.39 is 0 Å². The van der Waals surface area contributed by atoms with E-state index in [1.165, 1.54) is 32.4 Å². The predicted molar refractivity (Wildman–Crippen MR) is 164 cm³/mol. The van der Waals surface area contributed by atoms with Gasteiger partial charge in [-0.1, -0.05) is 46.4 Å². The highest BCUT2D eigenvalue weighted by atomic mass is 32.1. The fraction of sp³-hybridized carbons (Fsp3) is 0.438. The van der Waals surface area contributed by atoms with Crippen molar-refractivity contribution in [2.75, 3.05) is 33.4 Å². The zero-order chi connectivity index (χ0) is 28.3. The SMILES string of the molecule is C=C(O)CC.C=C/C(=C\C=C(/C)c1scc(C)c1Oc1ccc(OCCN2CCCCC2)cc1)OC.CC. The first-order chi connectivity index (χ1) is 18.4. The van der Waals surface area contributed by atoms with E-state index in [0.29, 0.717) is 6.42 Å². The van der Waals surface area contributed by atoms with E-state index in [1.807, 2.05) is 57.2 Å². The van der Waals surface area contributed by atoms with Gasteiger partial charge >= 0.3 is 0 Å². The molecule has 3 rings (SSSR count). The maximum Gasteiger partial charge on any atom is 0.148 e. The van der Waals surface area contributed by atoms with Crippen LogP contribution in [0.5, 0.6) is 17.2 Å². The first-order valence-corrected chi connectivity index (χ1v) is 14.4. The maximum absolute atomic E-state index is 8.17. The van der Waals surface area contributed by atoms with Crippen LogP contribution in [0.15, 0.2) is 72.5 Å². The minimum absolute atomic E-state index is 0.255. The summed E-state index contributed by atoms with van der Waals surface area (Å²) in [6.45, 7) is 21.1. The van der Waals surface area contributed by atoms with Gasteiger partial charge in [0.15, 0.2) is 0 Å². The number of thiophene rings is 1. The topological polar surface area (TPSA) is 51.2 Å². The zero-order valence-electron chi connectivity index (χ0n) is 24.2. The average molecular weight is 542 g/mol. The Morgan fingerprint density at radius 1 is 1.08 bits per heavy atom. The van der Waals surface area contributed by atoms with E-state index >= 15 is 0 Å². The van der Waals surface area contributed by atoms with Gasteiger partial charge in [-0.3, -0.25) is 4.90 Å². The molecule has 1 aliphatic rings. The highest BCUT2D eigenvalue weighted by Crippen LogP contribution is 2.38. The Morgan fingerprint density at radius 3 is 2.24 bits per heavy atom. The van der Waals surface area contributed by atoms with Gasteiger partial charge in [-0.05, 0) is 87.1 Å². The fourth-order valence-electron chi connectivity index (χ4n) is 3.53. The van der Waals surface area contributed by atoms with Crippen LogP contribution >= 0.6 is 11.3 Å². The number of rotatable bonds is 11. The second-order valence-electron chi connectivity index (χ2n) is 8.65. The van der Waals surface area contributed by atoms with Crippen LogP contribution in [0, 0.1) is 6.92 Å². The summed E-state index contributed by atoms with van der Waals surface area (Å²) >= 11 is 1.68. The van der Waals surface area contributed by atoms with Crippen LogP contribution in [0.4, 0.5) is 0 Å². The van der Waals surface area contributed by atoms with Crippen LogP contribution < -0.4 is 9.47 Å². The van der Waals surface area contributed by atoms with Crippen LogP contribution in [0.2, 0.25) is 0 Å². The molecular weight excluding hydrogens is 494 g/mol. The summed E-state index contributed by atoms with van der Waals surface area (Å²) in [6, 6.07) is 7.90. The van der Waals surface area contributed by atoms with Gasteiger partial charge in [0.2, 0.25) is 0 Å². The molecule has 2 heterocycles. The second kappa shape index (κ2) is 19.2. The molecule has 5 nitrogen and oxygen atoms in total. The Labute approximate surface area is 234 Å². The molecule has 0 unspecified atom stereocenters. The number of methoxy groups -OCH3 is 1. The van der Waals surface area contributed by atoms with Crippen LogP contribution in [-0.4, -0.2) is 43.4 Å². The number of ether oxygens (including phenoxy) is 3. The van der Waals surface area contributed by atoms with Crippen molar-refractivity contribution in [1.29, 1.82) is 0 Å². The summed E-state index contributed by atoms with van der Waals surface area (Å²) in [6.07, 6.45) is 10.3. The molecule has 0 radical (unpaired) electrons. The van der Waals surface area contributed by atoms with Crippen LogP contribution in [-0.2, 0) is 4.74 Å². The monoisotopic (exact) mass is 541 g/mol. The molecule has 38 heavy (non-hydrogen) atoms. The fourth-order valence-corrected chi connectivity index (χ4v) is 4.50.